The average Bonchev–Trinajstić information content (AvgIpc) is 2.78. The number of benzene rings is 1. The van der Waals surface area contributed by atoms with Crippen LogP contribution in [0.25, 0.3) is 0 Å². The number of amides is 1. The highest BCUT2D eigenvalue weighted by molar-refractivity contribution is 5.76. The molecule has 1 aromatic heterocycles. The van der Waals surface area contributed by atoms with Crippen molar-refractivity contribution < 1.29 is 9.53 Å². The van der Waals surface area contributed by atoms with E-state index in [4.69, 9.17) is 9.72 Å². The van der Waals surface area contributed by atoms with Crippen LogP contribution in [0.4, 0.5) is 5.82 Å². The van der Waals surface area contributed by atoms with Crippen LogP contribution >= 0.6 is 0 Å². The smallest absolute Gasteiger partial charge is 0.222 e. The van der Waals surface area contributed by atoms with Crippen LogP contribution < -0.4 is 4.90 Å². The number of aromatic nitrogens is 1. The molecule has 0 radical (unpaired) electrons. The lowest BCUT2D eigenvalue weighted by Crippen LogP contribution is -2.49. The molecule has 1 fully saturated rings. The van der Waals surface area contributed by atoms with Gasteiger partial charge in [-0.1, -0.05) is 37.3 Å². The summed E-state index contributed by atoms with van der Waals surface area (Å²) in [6, 6.07) is 12.8. The van der Waals surface area contributed by atoms with Crippen LogP contribution in [0.15, 0.2) is 30.3 Å². The highest BCUT2D eigenvalue weighted by Gasteiger charge is 2.33. The molecule has 6 heteroatoms. The largest absolute Gasteiger partial charge is 0.370 e. The van der Waals surface area contributed by atoms with Gasteiger partial charge in [-0.15, -0.1) is 0 Å². The van der Waals surface area contributed by atoms with E-state index in [0.717, 1.165) is 22.6 Å². The second kappa shape index (κ2) is 8.68. The lowest BCUT2D eigenvalue weighted by Gasteiger charge is -2.38. The number of hydrogen-bond acceptors (Lipinski definition) is 5. The van der Waals surface area contributed by atoms with Crippen molar-refractivity contribution in [3.8, 4) is 6.07 Å². The molecule has 2 aliphatic rings. The van der Waals surface area contributed by atoms with Crippen LogP contribution in [0.5, 0.6) is 0 Å². The number of fused-ring (bicyclic) bond motifs is 1. The number of rotatable bonds is 4. The first-order valence-corrected chi connectivity index (χ1v) is 11.1. The summed E-state index contributed by atoms with van der Waals surface area (Å²) in [6.45, 7) is 9.23. The van der Waals surface area contributed by atoms with Gasteiger partial charge < -0.3 is 14.5 Å². The zero-order valence-corrected chi connectivity index (χ0v) is 18.6. The SMILES string of the molecule is CCC(=O)N1CCN(c2nc(Cc3ccccc3)c3c(c2C#N)CC(C)(C)OC3)CC1. The summed E-state index contributed by atoms with van der Waals surface area (Å²) in [5.74, 6) is 0.940. The van der Waals surface area contributed by atoms with Crippen LogP contribution in [0, 0.1) is 11.3 Å². The molecule has 1 amide bonds. The number of nitrogens with zero attached hydrogens (tertiary/aromatic N) is 4. The highest BCUT2D eigenvalue weighted by Crippen LogP contribution is 2.36. The van der Waals surface area contributed by atoms with Gasteiger partial charge in [-0.25, -0.2) is 4.98 Å². The van der Waals surface area contributed by atoms with Crippen molar-refractivity contribution in [3.63, 3.8) is 0 Å². The normalized spacial score (nSPS) is 17.7. The zero-order chi connectivity index (χ0) is 22.0. The summed E-state index contributed by atoms with van der Waals surface area (Å²) in [4.78, 5) is 21.2. The molecule has 162 valence electrons. The highest BCUT2D eigenvalue weighted by atomic mass is 16.5. The maximum atomic E-state index is 12.1. The lowest BCUT2D eigenvalue weighted by atomic mass is 9.87. The van der Waals surface area contributed by atoms with Gasteiger partial charge in [-0.05, 0) is 25.0 Å². The fourth-order valence-corrected chi connectivity index (χ4v) is 4.49. The quantitative estimate of drug-likeness (QED) is 0.761. The van der Waals surface area contributed by atoms with Gasteiger partial charge in [0.2, 0.25) is 5.91 Å². The Hall–Kier alpha value is -2.91. The molecule has 2 aliphatic heterocycles. The lowest BCUT2D eigenvalue weighted by molar-refractivity contribution is -0.131. The molecular formula is C25H30N4O2. The van der Waals surface area contributed by atoms with E-state index in [1.54, 1.807) is 0 Å². The summed E-state index contributed by atoms with van der Waals surface area (Å²) in [6.07, 6.45) is 1.92. The van der Waals surface area contributed by atoms with Crippen molar-refractivity contribution >= 4 is 11.7 Å². The third kappa shape index (κ3) is 4.42. The fourth-order valence-electron chi connectivity index (χ4n) is 4.49. The van der Waals surface area contributed by atoms with Gasteiger partial charge in [-0.3, -0.25) is 4.79 Å². The summed E-state index contributed by atoms with van der Waals surface area (Å²) in [7, 11) is 0. The molecular weight excluding hydrogens is 388 g/mol. The maximum absolute atomic E-state index is 12.1. The van der Waals surface area contributed by atoms with Crippen molar-refractivity contribution in [3.05, 3.63) is 58.3 Å². The van der Waals surface area contributed by atoms with E-state index < -0.39 is 0 Å². The molecule has 1 saturated heterocycles. The molecule has 0 unspecified atom stereocenters. The maximum Gasteiger partial charge on any atom is 0.222 e. The van der Waals surface area contributed by atoms with Crippen molar-refractivity contribution in [1.82, 2.24) is 9.88 Å². The van der Waals surface area contributed by atoms with Crippen molar-refractivity contribution in [1.29, 1.82) is 5.26 Å². The topological polar surface area (TPSA) is 69.5 Å². The Bertz CT molecular complexity index is 1000. The van der Waals surface area contributed by atoms with E-state index in [9.17, 15) is 10.1 Å². The van der Waals surface area contributed by atoms with E-state index in [0.29, 0.717) is 57.6 Å². The first kappa shape index (κ1) is 21.3. The Morgan fingerprint density at radius 1 is 1.16 bits per heavy atom. The van der Waals surface area contributed by atoms with E-state index in [1.807, 2.05) is 30.0 Å². The molecule has 6 nitrogen and oxygen atoms in total. The molecule has 31 heavy (non-hydrogen) atoms. The Balaban J connectivity index is 1.73. The van der Waals surface area contributed by atoms with E-state index >= 15 is 0 Å². The number of anilines is 1. The van der Waals surface area contributed by atoms with Gasteiger partial charge in [0.1, 0.15) is 11.9 Å². The predicted octanol–water partition coefficient (Wildman–Crippen LogP) is 3.45. The number of ether oxygens (including phenoxy) is 1. The summed E-state index contributed by atoms with van der Waals surface area (Å²) in [5, 5.41) is 10.1. The molecule has 0 aliphatic carbocycles. The monoisotopic (exact) mass is 418 g/mol. The van der Waals surface area contributed by atoms with Gasteiger partial charge in [0.05, 0.1) is 23.5 Å². The van der Waals surface area contributed by atoms with Crippen molar-refractivity contribution in [2.24, 2.45) is 0 Å². The average molecular weight is 419 g/mol. The Labute approximate surface area is 184 Å². The second-order valence-corrected chi connectivity index (χ2v) is 8.93. The molecule has 1 aromatic carbocycles. The predicted molar refractivity (Wildman–Crippen MR) is 120 cm³/mol. The molecule has 0 spiro atoms. The molecule has 0 atom stereocenters. The number of hydrogen-bond donors (Lipinski definition) is 0. The van der Waals surface area contributed by atoms with Crippen LogP contribution in [0.3, 0.4) is 0 Å². The minimum atomic E-state index is -0.312. The van der Waals surface area contributed by atoms with E-state index in [1.165, 1.54) is 5.56 Å². The van der Waals surface area contributed by atoms with Gasteiger partial charge in [0.25, 0.3) is 0 Å². The molecule has 0 saturated carbocycles. The molecule has 4 rings (SSSR count). The van der Waals surface area contributed by atoms with Crippen LogP contribution in [0.2, 0.25) is 0 Å². The first-order chi connectivity index (χ1) is 14.9. The molecule has 3 heterocycles. The number of piperazine rings is 1. The Morgan fingerprint density at radius 2 is 1.87 bits per heavy atom. The molecule has 0 N–H and O–H groups in total. The number of pyridine rings is 1. The van der Waals surface area contributed by atoms with Crippen molar-refractivity contribution in [2.45, 2.75) is 52.2 Å². The number of carbonyl (C=O) groups excluding carboxylic acids is 1. The van der Waals surface area contributed by atoms with Gasteiger partial charge in [0, 0.05) is 51.0 Å². The minimum Gasteiger partial charge on any atom is -0.370 e. The van der Waals surface area contributed by atoms with Gasteiger partial charge in [0.15, 0.2) is 0 Å². The van der Waals surface area contributed by atoms with Crippen LogP contribution in [-0.2, 0) is 29.0 Å². The standard InChI is InChI=1S/C25H30N4O2/c1-4-23(30)28-10-12-29(13-11-28)24-20(16-26)19-15-25(2,3)31-17-21(19)22(27-24)14-18-8-6-5-7-9-18/h5-9H,4,10-15,17H2,1-3H3. The number of nitriles is 1. The third-order valence-corrected chi connectivity index (χ3v) is 6.25. The Morgan fingerprint density at radius 3 is 2.52 bits per heavy atom. The first-order valence-electron chi connectivity index (χ1n) is 11.1. The molecule has 2 aromatic rings. The van der Waals surface area contributed by atoms with Crippen LogP contribution in [0.1, 0.15) is 55.1 Å². The van der Waals surface area contributed by atoms with Crippen molar-refractivity contribution in [2.75, 3.05) is 31.1 Å². The summed E-state index contributed by atoms with van der Waals surface area (Å²) < 4.78 is 6.10. The van der Waals surface area contributed by atoms with E-state index in [2.05, 4.69) is 36.9 Å². The zero-order valence-electron chi connectivity index (χ0n) is 18.6. The summed E-state index contributed by atoms with van der Waals surface area (Å²) >= 11 is 0. The third-order valence-electron chi connectivity index (χ3n) is 6.25. The van der Waals surface area contributed by atoms with Gasteiger partial charge >= 0.3 is 0 Å². The van der Waals surface area contributed by atoms with Crippen LogP contribution in [-0.4, -0.2) is 47.6 Å². The Kier molecular flexibility index (Phi) is 5.97. The van der Waals surface area contributed by atoms with Gasteiger partial charge in [-0.2, -0.15) is 5.26 Å². The van der Waals surface area contributed by atoms with E-state index in [-0.39, 0.29) is 11.5 Å². The second-order valence-electron chi connectivity index (χ2n) is 8.93. The fraction of sp³-hybridized carbons (Fsp3) is 0.480. The summed E-state index contributed by atoms with van der Waals surface area (Å²) in [5.41, 5.74) is 4.66. The minimum absolute atomic E-state index is 0.183. The molecule has 0 bridgehead atoms. The number of carbonyl (C=O) groups is 1.